The monoisotopic (exact) mass is 298 g/mol. The Balaban J connectivity index is 2.93. The van der Waals surface area contributed by atoms with Crippen LogP contribution in [0.3, 0.4) is 0 Å². The molecule has 0 fully saturated rings. The zero-order valence-corrected chi connectivity index (χ0v) is 12.1. The van der Waals surface area contributed by atoms with Gasteiger partial charge in [0.15, 0.2) is 0 Å². The number of halogens is 3. The van der Waals surface area contributed by atoms with Crippen molar-refractivity contribution in [2.75, 3.05) is 0 Å². The summed E-state index contributed by atoms with van der Waals surface area (Å²) in [7, 11) is 0. The van der Waals surface area contributed by atoms with E-state index < -0.39 is 11.7 Å². The summed E-state index contributed by atoms with van der Waals surface area (Å²) in [5, 5.41) is 0. The smallest absolute Gasteiger partial charge is 0.417 e. The molecule has 1 rings (SSSR count). The van der Waals surface area contributed by atoms with Crippen LogP contribution in [0.1, 0.15) is 32.8 Å². The first-order valence-electron chi connectivity index (χ1n) is 6.45. The van der Waals surface area contributed by atoms with E-state index in [-0.39, 0.29) is 5.88 Å². The molecule has 6 heteroatoms. The van der Waals surface area contributed by atoms with Crippen molar-refractivity contribution in [3.05, 3.63) is 48.0 Å². The predicted octanol–water partition coefficient (Wildman–Crippen LogP) is 4.77. The second-order valence-corrected chi connectivity index (χ2v) is 4.16. The summed E-state index contributed by atoms with van der Waals surface area (Å²) in [6, 6.07) is 2.12. The summed E-state index contributed by atoms with van der Waals surface area (Å²) in [5.74, 6) is 0.570. The second kappa shape index (κ2) is 7.61. The van der Waals surface area contributed by atoms with Crippen molar-refractivity contribution in [1.29, 1.82) is 0 Å². The third-order valence-electron chi connectivity index (χ3n) is 2.44. The van der Waals surface area contributed by atoms with Crippen LogP contribution in [0.5, 0.6) is 5.88 Å². The van der Waals surface area contributed by atoms with Crippen molar-refractivity contribution in [3.63, 3.8) is 0 Å². The number of hydrogen-bond acceptors (Lipinski definition) is 3. The van der Waals surface area contributed by atoms with Gasteiger partial charge in [-0.2, -0.15) is 13.2 Å². The molecule has 0 aliphatic heterocycles. The fourth-order valence-corrected chi connectivity index (χ4v) is 1.42. The van der Waals surface area contributed by atoms with Gasteiger partial charge in [0, 0.05) is 18.5 Å². The lowest BCUT2D eigenvalue weighted by atomic mass is 10.2. The Bertz CT molecular complexity index is 543. The summed E-state index contributed by atoms with van der Waals surface area (Å²) in [4.78, 5) is 7.82. The van der Waals surface area contributed by atoms with Crippen molar-refractivity contribution < 1.29 is 17.9 Å². The van der Waals surface area contributed by atoms with Crippen molar-refractivity contribution in [2.24, 2.45) is 4.99 Å². The number of rotatable bonds is 5. The number of allylic oxidation sites excluding steroid dienone is 3. The highest BCUT2D eigenvalue weighted by molar-refractivity contribution is 5.97. The molecule has 0 bridgehead atoms. The first kappa shape index (κ1) is 16.9. The lowest BCUT2D eigenvalue weighted by Crippen LogP contribution is -2.08. The van der Waals surface area contributed by atoms with E-state index in [0.29, 0.717) is 17.9 Å². The van der Waals surface area contributed by atoms with Crippen LogP contribution in [0.15, 0.2) is 47.4 Å². The molecule has 0 atom stereocenters. The molecule has 0 aliphatic rings. The molecule has 114 valence electrons. The predicted molar refractivity (Wildman–Crippen MR) is 76.2 cm³/mol. The summed E-state index contributed by atoms with van der Waals surface area (Å²) in [6.45, 7) is 5.51. The zero-order valence-electron chi connectivity index (χ0n) is 12.1. The molecule has 0 amide bonds. The van der Waals surface area contributed by atoms with Crippen molar-refractivity contribution in [2.45, 2.75) is 33.4 Å². The van der Waals surface area contributed by atoms with Crippen LogP contribution in [0.4, 0.5) is 13.2 Å². The minimum absolute atomic E-state index is 0.0951. The van der Waals surface area contributed by atoms with Gasteiger partial charge in [-0.25, -0.2) is 4.98 Å². The molecule has 1 heterocycles. The standard InChI is InChI=1S/C15H17F3N2O/c1-4-6-13(11(3)19-9-5-2)21-14-8-7-12(10-20-14)15(16,17)18/h5-10H,4H2,1-3H3/b9-5-,13-6-,19-11+. The lowest BCUT2D eigenvalue weighted by Gasteiger charge is -2.10. The molecule has 0 spiro atoms. The number of aromatic nitrogens is 1. The van der Waals surface area contributed by atoms with Crippen molar-refractivity contribution >= 4 is 5.71 Å². The van der Waals surface area contributed by atoms with Crippen LogP contribution < -0.4 is 4.74 Å². The van der Waals surface area contributed by atoms with Gasteiger partial charge in [-0.3, -0.25) is 4.99 Å². The molecule has 3 nitrogen and oxygen atoms in total. The van der Waals surface area contributed by atoms with Gasteiger partial charge in [0.05, 0.1) is 11.3 Å². The quantitative estimate of drug-likeness (QED) is 0.580. The summed E-state index contributed by atoms with van der Waals surface area (Å²) >= 11 is 0. The molecule has 1 aromatic rings. The van der Waals surface area contributed by atoms with Gasteiger partial charge in [-0.15, -0.1) is 0 Å². The minimum atomic E-state index is -4.41. The molecule has 0 radical (unpaired) electrons. The Morgan fingerprint density at radius 3 is 2.57 bits per heavy atom. The van der Waals surface area contributed by atoms with Crippen LogP contribution in [0.2, 0.25) is 0 Å². The SMILES string of the molecule is C\C=C/N=C(C)/C(=C/CC)Oc1ccc(C(F)(F)F)cn1. The maximum atomic E-state index is 12.5. The zero-order chi connectivity index (χ0) is 15.9. The molecular weight excluding hydrogens is 281 g/mol. The Morgan fingerprint density at radius 1 is 1.38 bits per heavy atom. The van der Waals surface area contributed by atoms with Gasteiger partial charge >= 0.3 is 6.18 Å². The molecule has 0 aromatic carbocycles. The highest BCUT2D eigenvalue weighted by Gasteiger charge is 2.30. The Morgan fingerprint density at radius 2 is 2.10 bits per heavy atom. The summed E-state index contributed by atoms with van der Waals surface area (Å²) in [5.41, 5.74) is -0.188. The van der Waals surface area contributed by atoms with Crippen LogP contribution in [-0.2, 0) is 6.18 Å². The molecule has 21 heavy (non-hydrogen) atoms. The average molecular weight is 298 g/mol. The Labute approximate surface area is 121 Å². The van der Waals surface area contributed by atoms with Crippen LogP contribution >= 0.6 is 0 Å². The Hall–Kier alpha value is -2.11. The van der Waals surface area contributed by atoms with Gasteiger partial charge in [-0.05, 0) is 32.4 Å². The van der Waals surface area contributed by atoms with E-state index in [1.807, 2.05) is 13.8 Å². The lowest BCUT2D eigenvalue weighted by molar-refractivity contribution is -0.137. The first-order chi connectivity index (χ1) is 9.88. The number of ether oxygens (including phenoxy) is 1. The van der Waals surface area contributed by atoms with Crippen molar-refractivity contribution in [1.82, 2.24) is 4.98 Å². The molecule has 0 saturated carbocycles. The average Bonchev–Trinajstić information content (AvgIpc) is 2.44. The van der Waals surface area contributed by atoms with E-state index in [0.717, 1.165) is 12.3 Å². The molecule has 0 aliphatic carbocycles. The highest BCUT2D eigenvalue weighted by Crippen LogP contribution is 2.29. The topological polar surface area (TPSA) is 34.5 Å². The number of aliphatic imine (C=N–C) groups is 1. The highest BCUT2D eigenvalue weighted by atomic mass is 19.4. The first-order valence-corrected chi connectivity index (χ1v) is 6.45. The minimum Gasteiger partial charge on any atom is -0.437 e. The van der Waals surface area contributed by atoms with Crippen molar-refractivity contribution in [3.8, 4) is 5.88 Å². The third-order valence-corrected chi connectivity index (χ3v) is 2.44. The van der Waals surface area contributed by atoms with E-state index in [1.54, 1.807) is 25.3 Å². The van der Waals surface area contributed by atoms with Gasteiger partial charge in [0.25, 0.3) is 0 Å². The fraction of sp³-hybridized carbons (Fsp3) is 0.333. The third kappa shape index (κ3) is 5.41. The van der Waals surface area contributed by atoms with Gasteiger partial charge in [-0.1, -0.05) is 13.0 Å². The Kier molecular flexibility index (Phi) is 6.14. The molecule has 0 N–H and O–H groups in total. The largest absolute Gasteiger partial charge is 0.437 e. The maximum absolute atomic E-state index is 12.5. The van der Waals surface area contributed by atoms with Gasteiger partial charge in [0.1, 0.15) is 5.76 Å². The van der Waals surface area contributed by atoms with Crippen LogP contribution in [0, 0.1) is 0 Å². The van der Waals surface area contributed by atoms with Crippen LogP contribution in [-0.4, -0.2) is 10.7 Å². The second-order valence-electron chi connectivity index (χ2n) is 4.16. The number of nitrogens with zero attached hydrogens (tertiary/aromatic N) is 2. The van der Waals surface area contributed by atoms with E-state index >= 15 is 0 Å². The summed E-state index contributed by atoms with van der Waals surface area (Å²) < 4.78 is 42.9. The van der Waals surface area contributed by atoms with E-state index in [1.165, 1.54) is 6.07 Å². The van der Waals surface area contributed by atoms with Crippen LogP contribution in [0.25, 0.3) is 0 Å². The van der Waals surface area contributed by atoms with Gasteiger partial charge in [0.2, 0.25) is 5.88 Å². The van der Waals surface area contributed by atoms with E-state index in [4.69, 9.17) is 4.74 Å². The molecule has 1 aromatic heterocycles. The number of hydrogen-bond donors (Lipinski definition) is 0. The fourth-order valence-electron chi connectivity index (χ4n) is 1.42. The molecular formula is C15H17F3N2O. The molecule has 0 saturated heterocycles. The van der Waals surface area contributed by atoms with E-state index in [9.17, 15) is 13.2 Å². The number of pyridine rings is 1. The van der Waals surface area contributed by atoms with E-state index in [2.05, 4.69) is 9.98 Å². The number of alkyl halides is 3. The van der Waals surface area contributed by atoms with Gasteiger partial charge < -0.3 is 4.74 Å². The molecule has 0 unspecified atom stereocenters. The maximum Gasteiger partial charge on any atom is 0.417 e. The normalized spacial score (nSPS) is 13.8. The summed E-state index contributed by atoms with van der Waals surface area (Å²) in [6.07, 6.45) is 2.22.